The summed E-state index contributed by atoms with van der Waals surface area (Å²) < 4.78 is 39.5. The van der Waals surface area contributed by atoms with Crippen molar-refractivity contribution in [2.24, 2.45) is 0 Å². The molecule has 4 atom stereocenters. The highest BCUT2D eigenvalue weighted by Gasteiger charge is 2.45. The number of nitrogen functional groups attached to an aromatic ring is 1. The minimum absolute atomic E-state index is 0.0218. The third-order valence-electron chi connectivity index (χ3n) is 7.68. The molecule has 0 spiro atoms. The first-order valence-electron chi connectivity index (χ1n) is 15.6. The van der Waals surface area contributed by atoms with Gasteiger partial charge in [-0.3, -0.25) is 13.5 Å². The fourth-order valence-electron chi connectivity index (χ4n) is 4.87. The number of imidazole rings is 1. The number of para-hydroxylation sites is 1. The maximum atomic E-state index is 12.3. The van der Waals surface area contributed by atoms with Crippen LogP contribution in [-0.4, -0.2) is 114 Å². The second-order valence-electron chi connectivity index (χ2n) is 10.8. The van der Waals surface area contributed by atoms with Gasteiger partial charge in [-0.05, 0) is 44.6 Å². The first-order chi connectivity index (χ1) is 22.9. The molecule has 1 aliphatic rings. The van der Waals surface area contributed by atoms with Crippen LogP contribution in [-0.2, 0) is 25.6 Å². The molecule has 6 N–H and O–H groups in total. The molecular weight excluding hydrogens is 648 g/mol. The van der Waals surface area contributed by atoms with Crippen molar-refractivity contribution >= 4 is 33.2 Å². The molecule has 48 heavy (non-hydrogen) atoms. The molecule has 0 aliphatic carbocycles. The van der Waals surface area contributed by atoms with Gasteiger partial charge in [-0.1, -0.05) is 51.5 Å². The third kappa shape index (κ3) is 8.60. The summed E-state index contributed by atoms with van der Waals surface area (Å²) in [7, 11) is -4.68. The quantitative estimate of drug-likeness (QED) is 0.130. The zero-order valence-corrected chi connectivity index (χ0v) is 28.0. The number of amides is 1. The van der Waals surface area contributed by atoms with Crippen LogP contribution in [0.15, 0.2) is 36.8 Å². The molecule has 1 fully saturated rings. The number of nitrogens with one attached hydrogen (secondary N) is 1. The molecule has 1 aliphatic heterocycles. The van der Waals surface area contributed by atoms with Gasteiger partial charge in [-0.15, -0.1) is 5.10 Å². The first kappa shape index (κ1) is 36.6. The number of anilines is 1. The molecule has 1 amide bonds. The van der Waals surface area contributed by atoms with E-state index in [0.717, 1.165) is 25.0 Å². The summed E-state index contributed by atoms with van der Waals surface area (Å²) >= 11 is 0. The molecule has 0 bridgehead atoms. The molecule has 0 radical (unpaired) electrons. The van der Waals surface area contributed by atoms with Crippen molar-refractivity contribution in [3.05, 3.63) is 48.0 Å². The fraction of sp³-hybridized carbons (Fsp3) is 0.517. The smallest absolute Gasteiger partial charge is 0.362 e. The number of aromatic hydroxyl groups is 1. The number of fused-ring (bicyclic) bond motifs is 1. The average molecular weight is 691 g/mol. The van der Waals surface area contributed by atoms with Gasteiger partial charge in [0.05, 0.1) is 30.4 Å². The van der Waals surface area contributed by atoms with E-state index in [-0.39, 0.29) is 28.5 Å². The lowest BCUT2D eigenvalue weighted by Gasteiger charge is -2.16. The van der Waals surface area contributed by atoms with Gasteiger partial charge >= 0.3 is 10.3 Å². The van der Waals surface area contributed by atoms with Gasteiger partial charge in [0.15, 0.2) is 17.7 Å². The molecule has 0 saturated carbocycles. The van der Waals surface area contributed by atoms with E-state index in [0.29, 0.717) is 0 Å². The number of unbranched alkanes of at least 4 members (excludes halogenated alkanes) is 1. The predicted octanol–water partition coefficient (Wildman–Crippen LogP) is 0.696. The van der Waals surface area contributed by atoms with Crippen molar-refractivity contribution in [2.75, 3.05) is 32.0 Å². The van der Waals surface area contributed by atoms with Gasteiger partial charge in [-0.2, -0.15) is 23.1 Å². The Morgan fingerprint density at radius 2 is 1.81 bits per heavy atom. The topological polar surface area (TPSA) is 246 Å². The Bertz CT molecular complexity index is 1770. The lowest BCUT2D eigenvalue weighted by molar-refractivity contribution is -0.0468. The highest BCUT2D eigenvalue weighted by atomic mass is 32.2. The van der Waals surface area contributed by atoms with Crippen LogP contribution in [0.25, 0.3) is 17.1 Å². The highest BCUT2D eigenvalue weighted by molar-refractivity contribution is 7.85. The molecule has 5 rings (SSSR count). The number of aliphatic hydroxyl groups excluding tert-OH is 2. The predicted molar refractivity (Wildman–Crippen MR) is 173 cm³/mol. The number of nitrogens with two attached hydrogens (primary N) is 1. The van der Waals surface area contributed by atoms with E-state index < -0.39 is 53.1 Å². The Hall–Kier alpha value is -4.27. The van der Waals surface area contributed by atoms with Gasteiger partial charge in [-0.25, -0.2) is 9.71 Å². The molecule has 18 nitrogen and oxygen atoms in total. The van der Waals surface area contributed by atoms with E-state index in [2.05, 4.69) is 57.9 Å². The normalized spacial score (nSPS) is 19.4. The Morgan fingerprint density at radius 1 is 1.10 bits per heavy atom. The zero-order valence-electron chi connectivity index (χ0n) is 27.2. The summed E-state index contributed by atoms with van der Waals surface area (Å²) in [4.78, 5) is 27.5. The maximum Gasteiger partial charge on any atom is 0.362 e. The van der Waals surface area contributed by atoms with Crippen molar-refractivity contribution in [1.82, 2.24) is 44.1 Å². The molecule has 1 saturated heterocycles. The van der Waals surface area contributed by atoms with E-state index in [4.69, 9.17) is 14.7 Å². The van der Waals surface area contributed by atoms with E-state index in [9.17, 15) is 28.5 Å². The number of carbonyl (C=O) groups excluding carboxylic acids is 1. The number of aliphatic hydroxyl groups is 2. The van der Waals surface area contributed by atoms with Gasteiger partial charge in [0.1, 0.15) is 29.6 Å². The van der Waals surface area contributed by atoms with E-state index >= 15 is 0 Å². The van der Waals surface area contributed by atoms with Crippen LogP contribution >= 0.6 is 0 Å². The number of hydrogen-bond donors (Lipinski definition) is 5. The monoisotopic (exact) mass is 690 g/mol. The van der Waals surface area contributed by atoms with Crippen molar-refractivity contribution in [1.29, 1.82) is 0 Å². The lowest BCUT2D eigenvalue weighted by atomic mass is 10.1. The average Bonchev–Trinajstić information content (AvgIpc) is 3.78. The number of aryl methyl sites for hydroxylation is 1. The number of carbonyl (C=O) groups is 1. The summed E-state index contributed by atoms with van der Waals surface area (Å²) in [6.07, 6.45) is -0.135. The van der Waals surface area contributed by atoms with E-state index in [1.165, 1.54) is 59.5 Å². The first-order valence-corrected chi connectivity index (χ1v) is 17.0. The Balaban J connectivity index is 0.000000671. The van der Waals surface area contributed by atoms with Crippen LogP contribution < -0.4 is 10.5 Å². The summed E-state index contributed by atoms with van der Waals surface area (Å²) in [5.41, 5.74) is 6.89. The number of phenolic OH excluding ortho intramolecular Hbond substituents is 1. The number of phenols is 1. The van der Waals surface area contributed by atoms with Gasteiger partial charge in [0, 0.05) is 0 Å². The second kappa shape index (κ2) is 16.2. The maximum absolute atomic E-state index is 12.3. The number of benzene rings is 1. The van der Waals surface area contributed by atoms with E-state index in [1.807, 2.05) is 0 Å². The lowest BCUT2D eigenvalue weighted by Crippen LogP contribution is -2.37. The van der Waals surface area contributed by atoms with Gasteiger partial charge in [0.25, 0.3) is 11.9 Å². The van der Waals surface area contributed by atoms with Crippen LogP contribution in [0.3, 0.4) is 0 Å². The summed E-state index contributed by atoms with van der Waals surface area (Å²) in [6.45, 7) is 11.4. The van der Waals surface area contributed by atoms with Crippen LogP contribution in [0.1, 0.15) is 62.8 Å². The number of aromatic nitrogens is 7. The molecule has 0 unspecified atom stereocenters. The second-order valence-corrected chi connectivity index (χ2v) is 12.2. The third-order valence-corrected chi connectivity index (χ3v) is 8.56. The van der Waals surface area contributed by atoms with Crippen molar-refractivity contribution < 1.29 is 37.5 Å². The molecule has 262 valence electrons. The fourth-order valence-corrected chi connectivity index (χ4v) is 5.58. The largest absolute Gasteiger partial charge is 0.507 e. The highest BCUT2D eigenvalue weighted by Crippen LogP contribution is 2.32. The minimum Gasteiger partial charge on any atom is -0.507 e. The zero-order chi connectivity index (χ0) is 35.0. The van der Waals surface area contributed by atoms with Crippen molar-refractivity contribution in [2.45, 2.75) is 71.5 Å². The van der Waals surface area contributed by atoms with Gasteiger partial charge in [0.2, 0.25) is 0 Å². The molecule has 3 aromatic heterocycles. The van der Waals surface area contributed by atoms with Crippen LogP contribution in [0.2, 0.25) is 0 Å². The molecule has 1 aromatic carbocycles. The number of nitrogens with zero attached hydrogens (tertiary/aromatic N) is 8. The summed E-state index contributed by atoms with van der Waals surface area (Å²) in [5, 5.41) is 39.2. The molecule has 19 heteroatoms. The van der Waals surface area contributed by atoms with E-state index in [1.54, 1.807) is 10.9 Å². The summed E-state index contributed by atoms with van der Waals surface area (Å²) in [6, 6.07) is 5.33. The molecule has 4 heterocycles. The SMILES string of the molecule is CCCCc1cn(-c2nc(N)c3ncn([C@@H]4O[C@H](COS(=O)(=O)NC(=O)c5ccccc5O)[C@@H](O)[C@H]4O)c3n2)nn1.CCN(CC)CC. The Morgan fingerprint density at radius 3 is 2.46 bits per heavy atom. The van der Waals surface area contributed by atoms with Crippen LogP contribution in [0.4, 0.5) is 5.82 Å². The van der Waals surface area contributed by atoms with Crippen LogP contribution in [0, 0.1) is 0 Å². The van der Waals surface area contributed by atoms with Gasteiger partial charge < -0.3 is 30.7 Å². The standard InChI is InChI=1S/C23H27N9O8S.C6H15N/c1-2-3-6-12-9-32(30-28-12)23-26-19(24)16-20(27-23)31(11-25-16)22-18(35)17(34)15(40-22)10-39-41(37,38)29-21(36)13-7-4-5-8-14(13)33;1-4-7(5-2)6-3/h4-5,7-9,11,15,17-18,22,33-35H,2-3,6,10H2,1H3,(H,29,36)(H2,24,26,27);4-6H2,1-3H3/t15-,17-,18-,22-;/m1./s1. The molecular formula is C29H42N10O8S. The Labute approximate surface area is 277 Å². The molecule has 4 aromatic rings. The number of ether oxygens (including phenoxy) is 1. The number of rotatable bonds is 13. The summed E-state index contributed by atoms with van der Waals surface area (Å²) in [5.74, 6) is -1.45. The van der Waals surface area contributed by atoms with Crippen molar-refractivity contribution in [3.63, 3.8) is 0 Å². The minimum atomic E-state index is -4.68. The number of hydrogen-bond acceptors (Lipinski definition) is 15. The Kier molecular flexibility index (Phi) is 12.4. The van der Waals surface area contributed by atoms with Crippen LogP contribution in [0.5, 0.6) is 5.75 Å². The van der Waals surface area contributed by atoms with Crippen molar-refractivity contribution in [3.8, 4) is 11.7 Å².